The molecule has 1 aliphatic rings. The lowest BCUT2D eigenvalue weighted by Gasteiger charge is -2.13. The highest BCUT2D eigenvalue weighted by Gasteiger charge is 2.32. The summed E-state index contributed by atoms with van der Waals surface area (Å²) in [6.07, 6.45) is 2.23. The van der Waals surface area contributed by atoms with Crippen molar-refractivity contribution >= 4 is 30.7 Å². The monoisotopic (exact) mass is 257 g/mol. The topological polar surface area (TPSA) is 58.4 Å². The molecule has 6 heteroatoms. The predicted molar refractivity (Wildman–Crippen MR) is 66.8 cm³/mol. The highest BCUT2D eigenvalue weighted by molar-refractivity contribution is 5.85. The van der Waals surface area contributed by atoms with Gasteiger partial charge < -0.3 is 16.0 Å². The Kier molecular flexibility index (Phi) is 9.45. The van der Waals surface area contributed by atoms with E-state index in [1.807, 2.05) is 19.0 Å². The number of amides is 1. The van der Waals surface area contributed by atoms with Crippen LogP contribution in [0.5, 0.6) is 0 Å². The van der Waals surface area contributed by atoms with Gasteiger partial charge in [-0.1, -0.05) is 0 Å². The zero-order valence-corrected chi connectivity index (χ0v) is 10.9. The molecule has 0 heterocycles. The Morgan fingerprint density at radius 2 is 2.00 bits per heavy atom. The zero-order valence-electron chi connectivity index (χ0n) is 9.23. The van der Waals surface area contributed by atoms with Crippen LogP contribution in [0.15, 0.2) is 0 Å². The van der Waals surface area contributed by atoms with Crippen molar-refractivity contribution in [3.05, 3.63) is 0 Å². The fourth-order valence-corrected chi connectivity index (χ4v) is 1.19. The van der Waals surface area contributed by atoms with E-state index in [1.54, 1.807) is 0 Å². The van der Waals surface area contributed by atoms with Crippen LogP contribution in [0.2, 0.25) is 0 Å². The molecule has 0 aromatic heterocycles. The highest BCUT2D eigenvalue weighted by Crippen LogP contribution is 2.31. The van der Waals surface area contributed by atoms with Gasteiger partial charge in [0.1, 0.15) is 0 Å². The normalized spacial score (nSPS) is 16.3. The predicted octanol–water partition coefficient (Wildman–Crippen LogP) is 0.245. The SMILES string of the molecule is CN(C)CCNC(=O)[C@@H](N)C1CC1.Cl.Cl. The number of hydrogen-bond acceptors (Lipinski definition) is 3. The lowest BCUT2D eigenvalue weighted by Crippen LogP contribution is -2.44. The largest absolute Gasteiger partial charge is 0.353 e. The number of rotatable bonds is 5. The van der Waals surface area contributed by atoms with Gasteiger partial charge in [0.2, 0.25) is 5.91 Å². The Morgan fingerprint density at radius 3 is 2.40 bits per heavy atom. The van der Waals surface area contributed by atoms with Gasteiger partial charge in [-0.3, -0.25) is 4.79 Å². The molecule has 1 aliphatic carbocycles. The molecular formula is C9H21Cl2N3O. The number of likely N-dealkylation sites (N-methyl/N-ethyl adjacent to an activating group) is 1. The molecule has 0 aromatic carbocycles. The van der Waals surface area contributed by atoms with Gasteiger partial charge in [0, 0.05) is 13.1 Å². The van der Waals surface area contributed by atoms with Gasteiger partial charge in [0.05, 0.1) is 6.04 Å². The van der Waals surface area contributed by atoms with Crippen LogP contribution in [0.4, 0.5) is 0 Å². The van der Waals surface area contributed by atoms with E-state index in [2.05, 4.69) is 5.32 Å². The summed E-state index contributed by atoms with van der Waals surface area (Å²) in [5.41, 5.74) is 5.71. The van der Waals surface area contributed by atoms with Crippen LogP contribution in [0.1, 0.15) is 12.8 Å². The van der Waals surface area contributed by atoms with Gasteiger partial charge in [-0.05, 0) is 32.9 Å². The van der Waals surface area contributed by atoms with Crippen LogP contribution in [0, 0.1) is 5.92 Å². The molecule has 0 radical (unpaired) electrons. The van der Waals surface area contributed by atoms with Crippen molar-refractivity contribution in [3.8, 4) is 0 Å². The van der Waals surface area contributed by atoms with E-state index in [0.29, 0.717) is 12.5 Å². The van der Waals surface area contributed by atoms with Crippen molar-refractivity contribution < 1.29 is 4.79 Å². The molecule has 0 aliphatic heterocycles. The first-order valence-electron chi connectivity index (χ1n) is 4.79. The van der Waals surface area contributed by atoms with Crippen molar-refractivity contribution in [2.45, 2.75) is 18.9 Å². The van der Waals surface area contributed by atoms with Crippen LogP contribution < -0.4 is 11.1 Å². The molecule has 1 fully saturated rings. The highest BCUT2D eigenvalue weighted by atomic mass is 35.5. The van der Waals surface area contributed by atoms with Crippen LogP contribution >= 0.6 is 24.8 Å². The molecule has 0 saturated heterocycles. The van der Waals surface area contributed by atoms with Crippen molar-refractivity contribution in [2.75, 3.05) is 27.2 Å². The van der Waals surface area contributed by atoms with E-state index in [4.69, 9.17) is 5.73 Å². The van der Waals surface area contributed by atoms with Crippen LogP contribution in [0.3, 0.4) is 0 Å². The van der Waals surface area contributed by atoms with Crippen LogP contribution in [0.25, 0.3) is 0 Å². The third-order valence-electron chi connectivity index (χ3n) is 2.29. The maximum Gasteiger partial charge on any atom is 0.237 e. The van der Waals surface area contributed by atoms with E-state index >= 15 is 0 Å². The summed E-state index contributed by atoms with van der Waals surface area (Å²) in [5, 5.41) is 2.83. The van der Waals surface area contributed by atoms with Gasteiger partial charge in [-0.2, -0.15) is 0 Å². The molecule has 1 atom stereocenters. The molecule has 1 rings (SSSR count). The third-order valence-corrected chi connectivity index (χ3v) is 2.29. The molecule has 0 unspecified atom stereocenters. The quantitative estimate of drug-likeness (QED) is 0.743. The molecule has 1 amide bonds. The van der Waals surface area contributed by atoms with Gasteiger partial charge in [0.15, 0.2) is 0 Å². The fraction of sp³-hybridized carbons (Fsp3) is 0.889. The number of nitrogens with zero attached hydrogens (tertiary/aromatic N) is 1. The van der Waals surface area contributed by atoms with E-state index in [-0.39, 0.29) is 36.8 Å². The number of carbonyl (C=O) groups is 1. The molecule has 4 nitrogen and oxygen atoms in total. The maximum absolute atomic E-state index is 11.4. The van der Waals surface area contributed by atoms with E-state index in [9.17, 15) is 4.79 Å². The first-order chi connectivity index (χ1) is 6.11. The molecule has 0 spiro atoms. The second kappa shape index (κ2) is 8.16. The number of halogens is 2. The fourth-order valence-electron chi connectivity index (χ4n) is 1.19. The summed E-state index contributed by atoms with van der Waals surface area (Å²) in [6, 6.07) is -0.276. The molecule has 92 valence electrons. The van der Waals surface area contributed by atoms with Crippen molar-refractivity contribution in [1.82, 2.24) is 10.2 Å². The summed E-state index contributed by atoms with van der Waals surface area (Å²) in [4.78, 5) is 13.4. The molecule has 0 aromatic rings. The van der Waals surface area contributed by atoms with Gasteiger partial charge in [0.25, 0.3) is 0 Å². The average molecular weight is 258 g/mol. The summed E-state index contributed by atoms with van der Waals surface area (Å²) < 4.78 is 0. The zero-order chi connectivity index (χ0) is 9.84. The second-order valence-corrected chi connectivity index (χ2v) is 3.96. The standard InChI is InChI=1S/C9H19N3O.2ClH/c1-12(2)6-5-11-9(13)8(10)7-3-4-7;;/h7-8H,3-6,10H2,1-2H3,(H,11,13);2*1H/t8-;;/m0../s1. The Labute approximate surface area is 104 Å². The summed E-state index contributed by atoms with van der Waals surface area (Å²) in [6.45, 7) is 1.55. The van der Waals surface area contributed by atoms with E-state index in [1.165, 1.54) is 0 Å². The maximum atomic E-state index is 11.4. The lowest BCUT2D eigenvalue weighted by atomic mass is 10.2. The van der Waals surface area contributed by atoms with Crippen molar-refractivity contribution in [2.24, 2.45) is 11.7 Å². The number of nitrogens with two attached hydrogens (primary N) is 1. The minimum Gasteiger partial charge on any atom is -0.353 e. The first kappa shape index (κ1) is 17.4. The number of carbonyl (C=O) groups excluding carboxylic acids is 1. The average Bonchev–Trinajstić information content (AvgIpc) is 2.84. The second-order valence-electron chi connectivity index (χ2n) is 3.96. The van der Waals surface area contributed by atoms with E-state index in [0.717, 1.165) is 19.4 Å². The lowest BCUT2D eigenvalue weighted by molar-refractivity contribution is -0.122. The van der Waals surface area contributed by atoms with Gasteiger partial charge in [-0.25, -0.2) is 0 Å². The van der Waals surface area contributed by atoms with Crippen LogP contribution in [-0.4, -0.2) is 44.0 Å². The smallest absolute Gasteiger partial charge is 0.237 e. The number of hydrogen-bond donors (Lipinski definition) is 2. The van der Waals surface area contributed by atoms with Crippen molar-refractivity contribution in [1.29, 1.82) is 0 Å². The molecule has 3 N–H and O–H groups in total. The van der Waals surface area contributed by atoms with Gasteiger partial charge in [-0.15, -0.1) is 24.8 Å². The molecular weight excluding hydrogens is 237 g/mol. The first-order valence-corrected chi connectivity index (χ1v) is 4.79. The van der Waals surface area contributed by atoms with Crippen LogP contribution in [-0.2, 0) is 4.79 Å². The summed E-state index contributed by atoms with van der Waals surface area (Å²) in [5.74, 6) is 0.448. The van der Waals surface area contributed by atoms with Crippen molar-refractivity contribution in [3.63, 3.8) is 0 Å². The summed E-state index contributed by atoms with van der Waals surface area (Å²) in [7, 11) is 3.96. The molecule has 15 heavy (non-hydrogen) atoms. The van der Waals surface area contributed by atoms with E-state index < -0.39 is 0 Å². The number of nitrogens with one attached hydrogen (secondary N) is 1. The third kappa shape index (κ3) is 6.95. The summed E-state index contributed by atoms with van der Waals surface area (Å²) >= 11 is 0. The molecule has 0 bridgehead atoms. The van der Waals surface area contributed by atoms with Gasteiger partial charge >= 0.3 is 0 Å². The Morgan fingerprint density at radius 1 is 1.47 bits per heavy atom. The minimum atomic E-state index is -0.276. The Bertz CT molecular complexity index is 186. The molecule has 1 saturated carbocycles. The Balaban J connectivity index is 0. The minimum absolute atomic E-state index is 0. The Hall–Kier alpha value is -0.0300.